The second kappa shape index (κ2) is 5.72. The van der Waals surface area contributed by atoms with Gasteiger partial charge in [0.15, 0.2) is 17.1 Å². The Morgan fingerprint density at radius 3 is 3.04 bits per heavy atom. The number of nitrogens with zero attached hydrogens (tertiary/aromatic N) is 4. The number of carbonyl (C=O) groups excluding carboxylic acids is 1. The maximum absolute atomic E-state index is 12.8. The second-order valence-corrected chi connectivity index (χ2v) is 6.72. The van der Waals surface area contributed by atoms with Crippen LogP contribution in [0.3, 0.4) is 0 Å². The normalized spacial score (nSPS) is 15.3. The summed E-state index contributed by atoms with van der Waals surface area (Å²) in [5.41, 5.74) is 4.95. The third kappa shape index (κ3) is 2.47. The van der Waals surface area contributed by atoms with E-state index in [0.717, 1.165) is 40.3 Å². The summed E-state index contributed by atoms with van der Waals surface area (Å²) in [7, 11) is 0. The third-order valence-electron chi connectivity index (χ3n) is 4.92. The van der Waals surface area contributed by atoms with Crippen molar-refractivity contribution in [3.05, 3.63) is 53.0 Å². The molecule has 2 aliphatic heterocycles. The Morgan fingerprint density at radius 2 is 2.12 bits per heavy atom. The molecule has 0 radical (unpaired) electrons. The molecule has 2 aliphatic rings. The van der Waals surface area contributed by atoms with Crippen molar-refractivity contribution in [3.63, 3.8) is 0 Å². The molecule has 0 atom stereocenters. The summed E-state index contributed by atoms with van der Waals surface area (Å²) >= 11 is 0. The monoisotopic (exact) mass is 350 g/mol. The minimum atomic E-state index is 0.103. The van der Waals surface area contributed by atoms with Crippen LogP contribution in [0.15, 0.2) is 30.5 Å². The Kier molecular flexibility index (Phi) is 3.34. The van der Waals surface area contributed by atoms with Crippen molar-refractivity contribution in [2.45, 2.75) is 26.3 Å². The molecule has 0 aliphatic carbocycles. The molecular formula is C19H18N4O3. The molecule has 26 heavy (non-hydrogen) atoms. The molecule has 3 aromatic rings. The highest BCUT2D eigenvalue weighted by Crippen LogP contribution is 2.32. The standard InChI is InChI=1S/C19H18N4O3/c1-12-6-18-20-9-14-10-22(5-4-15(14)23(18)21-12)19(24)8-13-2-3-16-17(7-13)26-11-25-16/h2-3,6-7,9H,4-5,8,10-11H2,1H3. The Morgan fingerprint density at radius 1 is 1.23 bits per heavy atom. The van der Waals surface area contributed by atoms with E-state index in [1.54, 1.807) is 0 Å². The molecule has 0 bridgehead atoms. The fourth-order valence-electron chi connectivity index (χ4n) is 3.61. The van der Waals surface area contributed by atoms with Gasteiger partial charge in [0.05, 0.1) is 17.8 Å². The van der Waals surface area contributed by atoms with Gasteiger partial charge in [-0.25, -0.2) is 9.50 Å². The first kappa shape index (κ1) is 15.2. The van der Waals surface area contributed by atoms with Crippen molar-refractivity contribution in [1.82, 2.24) is 19.5 Å². The molecule has 7 heteroatoms. The summed E-state index contributed by atoms with van der Waals surface area (Å²) in [6.45, 7) is 3.46. The van der Waals surface area contributed by atoms with Crippen molar-refractivity contribution < 1.29 is 14.3 Å². The quantitative estimate of drug-likeness (QED) is 0.706. The summed E-state index contributed by atoms with van der Waals surface area (Å²) in [4.78, 5) is 19.1. The zero-order chi connectivity index (χ0) is 17.7. The zero-order valence-electron chi connectivity index (χ0n) is 14.4. The molecule has 1 aromatic carbocycles. The molecule has 0 N–H and O–H groups in total. The van der Waals surface area contributed by atoms with Gasteiger partial charge in [-0.05, 0) is 24.6 Å². The van der Waals surface area contributed by atoms with Crippen LogP contribution in [-0.2, 0) is 24.2 Å². The van der Waals surface area contributed by atoms with Crippen LogP contribution in [-0.4, -0.2) is 38.7 Å². The first-order valence-electron chi connectivity index (χ1n) is 8.67. The number of benzene rings is 1. The van der Waals surface area contributed by atoms with Crippen LogP contribution >= 0.6 is 0 Å². The van der Waals surface area contributed by atoms with Crippen LogP contribution in [0, 0.1) is 6.92 Å². The molecule has 0 saturated heterocycles. The second-order valence-electron chi connectivity index (χ2n) is 6.72. The molecule has 0 saturated carbocycles. The molecule has 2 aromatic heterocycles. The van der Waals surface area contributed by atoms with Crippen LogP contribution in [0.25, 0.3) is 5.65 Å². The van der Waals surface area contributed by atoms with Gasteiger partial charge in [-0.3, -0.25) is 4.79 Å². The highest BCUT2D eigenvalue weighted by Gasteiger charge is 2.24. The summed E-state index contributed by atoms with van der Waals surface area (Å²) in [5.74, 6) is 1.55. The van der Waals surface area contributed by atoms with Crippen LogP contribution in [0.5, 0.6) is 11.5 Å². The molecular weight excluding hydrogens is 332 g/mol. The topological polar surface area (TPSA) is 69.0 Å². The van der Waals surface area contributed by atoms with Crippen molar-refractivity contribution in [3.8, 4) is 11.5 Å². The molecule has 7 nitrogen and oxygen atoms in total. The van der Waals surface area contributed by atoms with E-state index in [1.807, 2.05) is 46.8 Å². The van der Waals surface area contributed by atoms with Gasteiger partial charge in [-0.2, -0.15) is 5.10 Å². The first-order chi connectivity index (χ1) is 12.7. The maximum Gasteiger partial charge on any atom is 0.231 e. The fourth-order valence-corrected chi connectivity index (χ4v) is 3.61. The highest BCUT2D eigenvalue weighted by atomic mass is 16.7. The van der Waals surface area contributed by atoms with E-state index in [4.69, 9.17) is 9.47 Å². The van der Waals surface area contributed by atoms with Gasteiger partial charge in [-0.1, -0.05) is 6.07 Å². The number of amides is 1. The number of aryl methyl sites for hydroxylation is 1. The van der Waals surface area contributed by atoms with Crippen molar-refractivity contribution in [2.75, 3.05) is 13.3 Å². The minimum absolute atomic E-state index is 0.103. The van der Waals surface area contributed by atoms with E-state index >= 15 is 0 Å². The summed E-state index contributed by atoms with van der Waals surface area (Å²) in [5, 5.41) is 4.52. The fraction of sp³-hybridized carbons (Fsp3) is 0.316. The minimum Gasteiger partial charge on any atom is -0.454 e. The maximum atomic E-state index is 12.8. The van der Waals surface area contributed by atoms with Crippen molar-refractivity contribution >= 4 is 11.6 Å². The van der Waals surface area contributed by atoms with Crippen LogP contribution < -0.4 is 9.47 Å². The Labute approximate surface area is 150 Å². The van der Waals surface area contributed by atoms with Crippen molar-refractivity contribution in [2.24, 2.45) is 0 Å². The number of rotatable bonds is 2. The van der Waals surface area contributed by atoms with Gasteiger partial charge in [0, 0.05) is 37.3 Å². The molecule has 1 amide bonds. The molecule has 4 heterocycles. The van der Waals surface area contributed by atoms with Crippen LogP contribution in [0.2, 0.25) is 0 Å². The lowest BCUT2D eigenvalue weighted by Gasteiger charge is -2.29. The lowest BCUT2D eigenvalue weighted by Crippen LogP contribution is -2.37. The Balaban J connectivity index is 1.35. The summed E-state index contributed by atoms with van der Waals surface area (Å²) in [6.07, 6.45) is 3.00. The lowest BCUT2D eigenvalue weighted by molar-refractivity contribution is -0.131. The predicted molar refractivity (Wildman–Crippen MR) is 93.1 cm³/mol. The van der Waals surface area contributed by atoms with E-state index in [0.29, 0.717) is 25.3 Å². The predicted octanol–water partition coefficient (Wildman–Crippen LogP) is 1.89. The van der Waals surface area contributed by atoms with E-state index in [2.05, 4.69) is 10.1 Å². The van der Waals surface area contributed by atoms with Gasteiger partial charge in [-0.15, -0.1) is 0 Å². The number of hydrogen-bond acceptors (Lipinski definition) is 5. The first-order valence-corrected chi connectivity index (χ1v) is 8.67. The van der Waals surface area contributed by atoms with Crippen molar-refractivity contribution in [1.29, 1.82) is 0 Å². The largest absolute Gasteiger partial charge is 0.454 e. The molecule has 0 fully saturated rings. The SMILES string of the molecule is Cc1cc2ncc3c(n2n1)CCN(C(=O)Cc1ccc2c(c1)OCO2)C3. The number of fused-ring (bicyclic) bond motifs is 4. The number of carbonyl (C=O) groups is 1. The molecule has 0 spiro atoms. The van der Waals surface area contributed by atoms with Crippen LogP contribution in [0.1, 0.15) is 22.5 Å². The average molecular weight is 350 g/mol. The van der Waals surface area contributed by atoms with E-state index < -0.39 is 0 Å². The molecule has 132 valence electrons. The number of aromatic nitrogens is 3. The third-order valence-corrected chi connectivity index (χ3v) is 4.92. The Hall–Kier alpha value is -3.09. The summed E-state index contributed by atoms with van der Waals surface area (Å²) < 4.78 is 12.6. The van der Waals surface area contributed by atoms with E-state index in [-0.39, 0.29) is 12.7 Å². The smallest absolute Gasteiger partial charge is 0.231 e. The van der Waals surface area contributed by atoms with Gasteiger partial charge in [0.25, 0.3) is 0 Å². The average Bonchev–Trinajstić information content (AvgIpc) is 3.26. The zero-order valence-corrected chi connectivity index (χ0v) is 14.4. The molecule has 5 rings (SSSR count). The number of hydrogen-bond donors (Lipinski definition) is 0. The number of ether oxygens (including phenoxy) is 2. The molecule has 0 unspecified atom stereocenters. The van der Waals surface area contributed by atoms with Gasteiger partial charge < -0.3 is 14.4 Å². The van der Waals surface area contributed by atoms with Gasteiger partial charge in [0.2, 0.25) is 12.7 Å². The Bertz CT molecular complexity index is 1030. The van der Waals surface area contributed by atoms with Gasteiger partial charge in [0.1, 0.15) is 0 Å². The van der Waals surface area contributed by atoms with E-state index in [9.17, 15) is 4.79 Å². The van der Waals surface area contributed by atoms with Crippen LogP contribution in [0.4, 0.5) is 0 Å². The lowest BCUT2D eigenvalue weighted by atomic mass is 10.1. The van der Waals surface area contributed by atoms with E-state index in [1.165, 1.54) is 0 Å². The highest BCUT2D eigenvalue weighted by molar-refractivity contribution is 5.79. The summed E-state index contributed by atoms with van der Waals surface area (Å²) in [6, 6.07) is 7.63. The van der Waals surface area contributed by atoms with Gasteiger partial charge >= 0.3 is 0 Å².